The standard InChI is InChI=1S/C13H17Cl2N3O2/c1-8-2-3-17(10(4-8)7-16)13-11(14)5-9(18(19)20)6-12(13)15/h5-6,8,10H,2-4,7,16H2,1H3. The van der Waals surface area contributed by atoms with Crippen LogP contribution >= 0.6 is 23.2 Å². The predicted octanol–water partition coefficient (Wildman–Crippen LogP) is 3.47. The summed E-state index contributed by atoms with van der Waals surface area (Å²) in [7, 11) is 0. The summed E-state index contributed by atoms with van der Waals surface area (Å²) >= 11 is 12.4. The highest BCUT2D eigenvalue weighted by molar-refractivity contribution is 6.39. The number of nitro groups is 1. The van der Waals surface area contributed by atoms with E-state index in [0.717, 1.165) is 19.4 Å². The van der Waals surface area contributed by atoms with Gasteiger partial charge in [-0.05, 0) is 18.8 Å². The fourth-order valence-electron chi connectivity index (χ4n) is 2.70. The van der Waals surface area contributed by atoms with Crippen molar-refractivity contribution in [1.29, 1.82) is 0 Å². The Bertz CT molecular complexity index is 501. The largest absolute Gasteiger partial charge is 0.365 e. The summed E-state index contributed by atoms with van der Waals surface area (Å²) in [5, 5.41) is 11.4. The van der Waals surface area contributed by atoms with Crippen LogP contribution in [0.15, 0.2) is 12.1 Å². The molecule has 0 saturated carbocycles. The third-order valence-corrected chi connectivity index (χ3v) is 4.33. The van der Waals surface area contributed by atoms with Crippen LogP contribution in [0.25, 0.3) is 0 Å². The molecule has 0 aromatic heterocycles. The van der Waals surface area contributed by atoms with Crippen LogP contribution in [0.5, 0.6) is 0 Å². The maximum atomic E-state index is 10.8. The number of piperidine rings is 1. The number of benzene rings is 1. The van der Waals surface area contributed by atoms with Crippen molar-refractivity contribution in [2.75, 3.05) is 18.0 Å². The lowest BCUT2D eigenvalue weighted by Crippen LogP contribution is -2.46. The van der Waals surface area contributed by atoms with Gasteiger partial charge in [-0.2, -0.15) is 0 Å². The van der Waals surface area contributed by atoms with Crippen LogP contribution < -0.4 is 10.6 Å². The van der Waals surface area contributed by atoms with E-state index in [9.17, 15) is 10.1 Å². The lowest BCUT2D eigenvalue weighted by Gasteiger charge is -2.40. The molecule has 0 bridgehead atoms. The average Bonchev–Trinajstić information content (AvgIpc) is 2.39. The van der Waals surface area contributed by atoms with Crippen molar-refractivity contribution in [3.8, 4) is 0 Å². The molecular weight excluding hydrogens is 301 g/mol. The maximum absolute atomic E-state index is 10.8. The molecule has 0 aliphatic carbocycles. The Morgan fingerprint density at radius 1 is 1.45 bits per heavy atom. The van der Waals surface area contributed by atoms with Crippen molar-refractivity contribution in [3.63, 3.8) is 0 Å². The van der Waals surface area contributed by atoms with Crippen molar-refractivity contribution in [3.05, 3.63) is 32.3 Å². The van der Waals surface area contributed by atoms with Crippen LogP contribution in [0, 0.1) is 16.0 Å². The fraction of sp³-hybridized carbons (Fsp3) is 0.538. The Labute approximate surface area is 127 Å². The molecule has 2 N–H and O–H groups in total. The molecule has 20 heavy (non-hydrogen) atoms. The molecule has 1 heterocycles. The first kappa shape index (κ1) is 15.4. The van der Waals surface area contributed by atoms with Gasteiger partial charge in [0.15, 0.2) is 0 Å². The highest BCUT2D eigenvalue weighted by atomic mass is 35.5. The van der Waals surface area contributed by atoms with E-state index in [2.05, 4.69) is 11.8 Å². The van der Waals surface area contributed by atoms with Crippen molar-refractivity contribution in [2.45, 2.75) is 25.8 Å². The van der Waals surface area contributed by atoms with Gasteiger partial charge in [-0.3, -0.25) is 10.1 Å². The molecule has 1 aliphatic rings. The minimum absolute atomic E-state index is 0.0987. The summed E-state index contributed by atoms with van der Waals surface area (Å²) in [6.45, 7) is 3.51. The zero-order valence-electron chi connectivity index (χ0n) is 11.2. The monoisotopic (exact) mass is 317 g/mol. The van der Waals surface area contributed by atoms with Gasteiger partial charge in [-0.25, -0.2) is 0 Å². The van der Waals surface area contributed by atoms with Crippen molar-refractivity contribution in [2.24, 2.45) is 11.7 Å². The second kappa shape index (κ2) is 6.16. The molecule has 110 valence electrons. The van der Waals surface area contributed by atoms with Gasteiger partial charge < -0.3 is 10.6 Å². The van der Waals surface area contributed by atoms with E-state index in [1.54, 1.807) is 0 Å². The number of halogens is 2. The molecule has 2 rings (SSSR count). The van der Waals surface area contributed by atoms with E-state index in [-0.39, 0.29) is 11.7 Å². The molecule has 7 heteroatoms. The van der Waals surface area contributed by atoms with Gasteiger partial charge in [0.2, 0.25) is 0 Å². The first-order chi connectivity index (χ1) is 9.43. The van der Waals surface area contributed by atoms with E-state index in [4.69, 9.17) is 28.9 Å². The van der Waals surface area contributed by atoms with Gasteiger partial charge in [0.1, 0.15) is 0 Å². The summed E-state index contributed by atoms with van der Waals surface area (Å²) in [5.74, 6) is 0.607. The molecule has 0 amide bonds. The second-order valence-electron chi connectivity index (χ2n) is 5.23. The molecule has 1 saturated heterocycles. The Morgan fingerprint density at radius 2 is 2.05 bits per heavy atom. The molecule has 1 fully saturated rings. The summed E-state index contributed by atoms with van der Waals surface area (Å²) in [4.78, 5) is 12.4. The molecule has 1 aromatic rings. The number of nitrogens with zero attached hydrogens (tertiary/aromatic N) is 2. The quantitative estimate of drug-likeness (QED) is 0.684. The van der Waals surface area contributed by atoms with Crippen LogP contribution in [0.2, 0.25) is 10.0 Å². The third-order valence-electron chi connectivity index (χ3n) is 3.75. The summed E-state index contributed by atoms with van der Waals surface area (Å²) in [5.41, 5.74) is 6.39. The molecular formula is C13H17Cl2N3O2. The van der Waals surface area contributed by atoms with Crippen LogP contribution in [0.4, 0.5) is 11.4 Å². The summed E-state index contributed by atoms with van der Waals surface area (Å²) in [6, 6.07) is 2.85. The average molecular weight is 318 g/mol. The third kappa shape index (κ3) is 3.00. The first-order valence-electron chi connectivity index (χ1n) is 6.54. The van der Waals surface area contributed by atoms with E-state index in [1.165, 1.54) is 12.1 Å². The van der Waals surface area contributed by atoms with Crippen molar-refractivity contribution < 1.29 is 4.92 Å². The second-order valence-corrected chi connectivity index (χ2v) is 6.04. The van der Waals surface area contributed by atoms with Crippen LogP contribution in [-0.4, -0.2) is 24.1 Å². The Balaban J connectivity index is 2.39. The first-order valence-corrected chi connectivity index (χ1v) is 7.29. The van der Waals surface area contributed by atoms with Crippen LogP contribution in [0.1, 0.15) is 19.8 Å². The Kier molecular flexibility index (Phi) is 4.73. The molecule has 2 atom stereocenters. The van der Waals surface area contributed by atoms with E-state index in [1.807, 2.05) is 0 Å². The van der Waals surface area contributed by atoms with Crippen LogP contribution in [-0.2, 0) is 0 Å². The van der Waals surface area contributed by atoms with Gasteiger partial charge in [0, 0.05) is 31.3 Å². The smallest absolute Gasteiger partial charge is 0.272 e. The molecule has 0 spiro atoms. The van der Waals surface area contributed by atoms with Crippen molar-refractivity contribution in [1.82, 2.24) is 0 Å². The van der Waals surface area contributed by atoms with Gasteiger partial charge in [0.05, 0.1) is 20.7 Å². The minimum Gasteiger partial charge on any atom is -0.365 e. The zero-order valence-corrected chi connectivity index (χ0v) is 12.7. The normalized spacial score (nSPS) is 22.9. The molecule has 5 nitrogen and oxygen atoms in total. The van der Waals surface area contributed by atoms with Gasteiger partial charge in [-0.15, -0.1) is 0 Å². The lowest BCUT2D eigenvalue weighted by molar-refractivity contribution is -0.384. The zero-order chi connectivity index (χ0) is 14.9. The highest BCUT2D eigenvalue weighted by Gasteiger charge is 2.29. The van der Waals surface area contributed by atoms with Crippen molar-refractivity contribution >= 4 is 34.6 Å². The van der Waals surface area contributed by atoms with Gasteiger partial charge >= 0.3 is 0 Å². The maximum Gasteiger partial charge on any atom is 0.272 e. The SMILES string of the molecule is CC1CCN(c2c(Cl)cc([N+](=O)[O-])cc2Cl)C(CN)C1. The van der Waals surface area contributed by atoms with E-state index < -0.39 is 4.92 Å². The highest BCUT2D eigenvalue weighted by Crippen LogP contribution is 2.40. The Hall–Kier alpha value is -1.04. The van der Waals surface area contributed by atoms with E-state index in [0.29, 0.717) is 28.2 Å². The summed E-state index contributed by atoms with van der Waals surface area (Å²) < 4.78 is 0. The number of rotatable bonds is 3. The van der Waals surface area contributed by atoms with E-state index >= 15 is 0 Å². The number of nitrogens with two attached hydrogens (primary N) is 1. The number of hydrogen-bond acceptors (Lipinski definition) is 4. The minimum atomic E-state index is -0.500. The molecule has 1 aromatic carbocycles. The molecule has 1 aliphatic heterocycles. The molecule has 0 radical (unpaired) electrons. The number of hydrogen-bond donors (Lipinski definition) is 1. The summed E-state index contributed by atoms with van der Waals surface area (Å²) in [6.07, 6.45) is 2.00. The Morgan fingerprint density at radius 3 is 2.55 bits per heavy atom. The van der Waals surface area contributed by atoms with Gasteiger partial charge in [0.25, 0.3) is 5.69 Å². The fourth-order valence-corrected chi connectivity index (χ4v) is 3.39. The van der Waals surface area contributed by atoms with Crippen LogP contribution in [0.3, 0.4) is 0 Å². The topological polar surface area (TPSA) is 72.4 Å². The number of nitro benzene ring substituents is 1. The predicted molar refractivity (Wildman–Crippen MR) is 81.7 cm³/mol. The van der Waals surface area contributed by atoms with Gasteiger partial charge in [-0.1, -0.05) is 30.1 Å². The lowest BCUT2D eigenvalue weighted by atomic mass is 9.92. The molecule has 2 unspecified atom stereocenters. The number of anilines is 1. The number of non-ortho nitro benzene ring substituents is 1.